The van der Waals surface area contributed by atoms with Gasteiger partial charge in [0.05, 0.1) is 6.54 Å². The van der Waals surface area contributed by atoms with Gasteiger partial charge in [0.25, 0.3) is 0 Å². The minimum absolute atomic E-state index is 0.0374. The van der Waals surface area contributed by atoms with E-state index in [9.17, 15) is 9.59 Å². The lowest BCUT2D eigenvalue weighted by Crippen LogP contribution is -2.67. The molecule has 3 rings (SSSR count). The van der Waals surface area contributed by atoms with Gasteiger partial charge in [-0.3, -0.25) is 9.59 Å². The van der Waals surface area contributed by atoms with Crippen LogP contribution in [0, 0.1) is 6.92 Å². The molecule has 0 radical (unpaired) electrons. The second kappa shape index (κ2) is 5.51. The molecule has 1 saturated heterocycles. The Kier molecular flexibility index (Phi) is 3.70. The van der Waals surface area contributed by atoms with Gasteiger partial charge in [-0.05, 0) is 30.9 Å². The molecule has 0 unspecified atom stereocenters. The molecule has 1 heterocycles. The third kappa shape index (κ3) is 2.43. The number of carbonyl (C=O) groups is 2. The van der Waals surface area contributed by atoms with Gasteiger partial charge in [0, 0.05) is 6.54 Å². The van der Waals surface area contributed by atoms with Gasteiger partial charge in [0.1, 0.15) is 5.54 Å². The fourth-order valence-electron chi connectivity index (χ4n) is 3.61. The summed E-state index contributed by atoms with van der Waals surface area (Å²) in [6, 6.07) is 8.09. The monoisotopic (exact) mass is 286 g/mol. The van der Waals surface area contributed by atoms with Gasteiger partial charge in [0.2, 0.25) is 11.8 Å². The van der Waals surface area contributed by atoms with Crippen LogP contribution in [0.25, 0.3) is 0 Å². The van der Waals surface area contributed by atoms with E-state index in [0.717, 1.165) is 37.7 Å². The van der Waals surface area contributed by atoms with Crippen LogP contribution in [0.4, 0.5) is 0 Å². The summed E-state index contributed by atoms with van der Waals surface area (Å²) in [6.45, 7) is 2.72. The lowest BCUT2D eigenvalue weighted by molar-refractivity contribution is -0.157. The van der Waals surface area contributed by atoms with Crippen molar-refractivity contribution in [3.05, 3.63) is 35.4 Å². The van der Waals surface area contributed by atoms with Crippen LogP contribution in [0.3, 0.4) is 0 Å². The largest absolute Gasteiger partial charge is 0.345 e. The van der Waals surface area contributed by atoms with Crippen LogP contribution in [0.5, 0.6) is 0 Å². The first-order valence-electron chi connectivity index (χ1n) is 7.77. The van der Waals surface area contributed by atoms with Crippen molar-refractivity contribution in [1.82, 2.24) is 10.2 Å². The summed E-state index contributed by atoms with van der Waals surface area (Å²) in [4.78, 5) is 26.8. The van der Waals surface area contributed by atoms with E-state index in [-0.39, 0.29) is 18.4 Å². The summed E-state index contributed by atoms with van der Waals surface area (Å²) in [6.07, 6.45) is 4.77. The Morgan fingerprint density at radius 3 is 2.57 bits per heavy atom. The van der Waals surface area contributed by atoms with Crippen LogP contribution in [-0.2, 0) is 16.1 Å². The number of piperazine rings is 1. The number of nitrogens with zero attached hydrogens (tertiary/aromatic N) is 1. The fourth-order valence-corrected chi connectivity index (χ4v) is 3.61. The van der Waals surface area contributed by atoms with Crippen molar-refractivity contribution in [3.63, 3.8) is 0 Å². The molecule has 0 atom stereocenters. The minimum Gasteiger partial charge on any atom is -0.345 e. The fraction of sp³-hybridized carbons (Fsp3) is 0.529. The lowest BCUT2D eigenvalue weighted by Gasteiger charge is -2.48. The molecule has 2 aliphatic rings. The number of aryl methyl sites for hydroxylation is 1. The third-order valence-corrected chi connectivity index (χ3v) is 4.91. The van der Waals surface area contributed by atoms with Crippen molar-refractivity contribution in [2.75, 3.05) is 6.54 Å². The maximum Gasteiger partial charge on any atom is 0.246 e. The van der Waals surface area contributed by atoms with Crippen molar-refractivity contribution >= 4 is 11.8 Å². The van der Waals surface area contributed by atoms with Gasteiger partial charge in [0.15, 0.2) is 0 Å². The van der Waals surface area contributed by atoms with Crippen LogP contribution in [0.15, 0.2) is 24.3 Å². The average Bonchev–Trinajstić information content (AvgIpc) is 2.51. The van der Waals surface area contributed by atoms with E-state index in [1.165, 1.54) is 5.56 Å². The summed E-state index contributed by atoms with van der Waals surface area (Å²) in [5.74, 6) is 0.0788. The minimum atomic E-state index is -0.615. The molecule has 0 bridgehead atoms. The second-order valence-electron chi connectivity index (χ2n) is 6.18. The predicted molar refractivity (Wildman–Crippen MR) is 80.6 cm³/mol. The zero-order valence-corrected chi connectivity index (χ0v) is 12.5. The van der Waals surface area contributed by atoms with Crippen LogP contribution in [0.1, 0.15) is 43.2 Å². The Balaban J connectivity index is 1.93. The Morgan fingerprint density at radius 2 is 1.86 bits per heavy atom. The highest BCUT2D eigenvalue weighted by Crippen LogP contribution is 2.36. The summed E-state index contributed by atoms with van der Waals surface area (Å²) in [7, 11) is 0. The average molecular weight is 286 g/mol. The van der Waals surface area contributed by atoms with Crippen molar-refractivity contribution in [3.8, 4) is 0 Å². The lowest BCUT2D eigenvalue weighted by atomic mass is 9.78. The van der Waals surface area contributed by atoms with E-state index in [0.29, 0.717) is 6.54 Å². The van der Waals surface area contributed by atoms with Crippen molar-refractivity contribution < 1.29 is 9.59 Å². The Morgan fingerprint density at radius 1 is 1.14 bits per heavy atom. The number of hydrogen-bond donors (Lipinski definition) is 1. The topological polar surface area (TPSA) is 49.4 Å². The van der Waals surface area contributed by atoms with E-state index < -0.39 is 5.54 Å². The molecule has 2 fully saturated rings. The molecule has 1 N–H and O–H groups in total. The first-order valence-corrected chi connectivity index (χ1v) is 7.77. The zero-order valence-electron chi connectivity index (χ0n) is 12.5. The van der Waals surface area contributed by atoms with Crippen molar-refractivity contribution in [2.45, 2.75) is 51.1 Å². The van der Waals surface area contributed by atoms with Crippen LogP contribution >= 0.6 is 0 Å². The number of nitrogens with one attached hydrogen (secondary N) is 1. The second-order valence-corrected chi connectivity index (χ2v) is 6.18. The zero-order chi connectivity index (χ0) is 14.9. The molecule has 2 amide bonds. The number of benzene rings is 1. The van der Waals surface area contributed by atoms with E-state index >= 15 is 0 Å². The summed E-state index contributed by atoms with van der Waals surface area (Å²) in [5.41, 5.74) is 1.68. The molecule has 1 aliphatic heterocycles. The molecule has 1 aliphatic carbocycles. The van der Waals surface area contributed by atoms with E-state index in [4.69, 9.17) is 0 Å². The molecule has 21 heavy (non-hydrogen) atoms. The van der Waals surface area contributed by atoms with E-state index in [1.54, 1.807) is 0 Å². The Labute approximate surface area is 125 Å². The normalized spacial score (nSPS) is 21.5. The van der Waals surface area contributed by atoms with Gasteiger partial charge in [-0.1, -0.05) is 43.5 Å². The van der Waals surface area contributed by atoms with E-state index in [1.807, 2.05) is 23.1 Å². The third-order valence-electron chi connectivity index (χ3n) is 4.91. The smallest absolute Gasteiger partial charge is 0.246 e. The molecule has 1 aromatic rings. The maximum absolute atomic E-state index is 12.5. The van der Waals surface area contributed by atoms with Gasteiger partial charge in [-0.25, -0.2) is 0 Å². The molecule has 4 nitrogen and oxygen atoms in total. The molecule has 1 saturated carbocycles. The highest BCUT2D eigenvalue weighted by atomic mass is 16.2. The van der Waals surface area contributed by atoms with Crippen LogP contribution in [-0.4, -0.2) is 28.8 Å². The first kappa shape index (κ1) is 14.1. The summed E-state index contributed by atoms with van der Waals surface area (Å²) < 4.78 is 0. The highest BCUT2D eigenvalue weighted by molar-refractivity contribution is 5.98. The predicted octanol–water partition coefficient (Wildman–Crippen LogP) is 2.16. The molecule has 4 heteroatoms. The summed E-state index contributed by atoms with van der Waals surface area (Å²) >= 11 is 0. The van der Waals surface area contributed by atoms with Gasteiger partial charge in [-0.2, -0.15) is 0 Å². The number of rotatable bonds is 2. The number of hydrogen-bond acceptors (Lipinski definition) is 2. The Bertz CT molecular complexity index is 562. The van der Waals surface area contributed by atoms with E-state index in [2.05, 4.69) is 18.3 Å². The first-order chi connectivity index (χ1) is 10.1. The Hall–Kier alpha value is -1.84. The van der Waals surface area contributed by atoms with Crippen molar-refractivity contribution in [1.29, 1.82) is 0 Å². The molecule has 1 aromatic carbocycles. The highest BCUT2D eigenvalue weighted by Gasteiger charge is 2.49. The molecule has 0 aromatic heterocycles. The van der Waals surface area contributed by atoms with Crippen LogP contribution < -0.4 is 5.32 Å². The molecular weight excluding hydrogens is 264 g/mol. The maximum atomic E-state index is 12.5. The van der Waals surface area contributed by atoms with Crippen LogP contribution in [0.2, 0.25) is 0 Å². The van der Waals surface area contributed by atoms with Gasteiger partial charge < -0.3 is 10.2 Å². The standard InChI is InChI=1S/C17H22N2O2/c1-13-7-3-4-8-14(13)12-19-15(20)11-18-16(21)17(19)9-5-2-6-10-17/h3-4,7-8H,2,5-6,9-12H2,1H3,(H,18,21). The SMILES string of the molecule is Cc1ccccc1CN1C(=O)CNC(=O)C12CCCCC2. The van der Waals surface area contributed by atoms with Gasteiger partial charge >= 0.3 is 0 Å². The molecular formula is C17H22N2O2. The van der Waals surface area contributed by atoms with Crippen molar-refractivity contribution in [2.24, 2.45) is 0 Å². The molecule has 1 spiro atoms. The van der Waals surface area contributed by atoms with Gasteiger partial charge in [-0.15, -0.1) is 0 Å². The number of amides is 2. The molecule has 112 valence electrons. The summed E-state index contributed by atoms with van der Waals surface area (Å²) in [5, 5.41) is 2.79. The number of carbonyl (C=O) groups excluding carboxylic acids is 2. The quantitative estimate of drug-likeness (QED) is 0.905.